The molecule has 1 aromatic carbocycles. The van der Waals surface area contributed by atoms with Gasteiger partial charge in [0.05, 0.1) is 21.5 Å². The Balaban J connectivity index is 1.93. The first-order chi connectivity index (χ1) is 8.06. The number of nitrogen functional groups attached to an aromatic ring is 1. The fourth-order valence-electron chi connectivity index (χ4n) is 1.40. The molecule has 0 saturated heterocycles. The molecule has 0 heterocycles. The highest BCUT2D eigenvalue weighted by Crippen LogP contribution is 2.24. The van der Waals surface area contributed by atoms with Crippen LogP contribution < -0.4 is 16.4 Å². The average molecular weight is 349 g/mol. The van der Waals surface area contributed by atoms with E-state index in [0.29, 0.717) is 21.0 Å². The van der Waals surface area contributed by atoms with Gasteiger partial charge >= 0.3 is 0 Å². The summed E-state index contributed by atoms with van der Waals surface area (Å²) >= 11 is 1.87. The number of hydrogen-bond donors (Lipinski definition) is 3. The zero-order valence-electron chi connectivity index (χ0n) is 9.09. The highest BCUT2D eigenvalue weighted by Gasteiger charge is 2.22. The third kappa shape index (κ3) is 3.45. The molecule has 1 fully saturated rings. The van der Waals surface area contributed by atoms with E-state index < -0.39 is 0 Å². The number of amides is 1. The first-order valence-electron chi connectivity index (χ1n) is 5.34. The van der Waals surface area contributed by atoms with E-state index in [0.717, 1.165) is 12.8 Å². The van der Waals surface area contributed by atoms with Crippen molar-refractivity contribution in [2.75, 3.05) is 17.6 Å². The number of hydrogen-bond acceptors (Lipinski definition) is 3. The van der Waals surface area contributed by atoms with Crippen molar-refractivity contribution in [3.63, 3.8) is 0 Å². The van der Waals surface area contributed by atoms with E-state index in [1.165, 1.54) is 12.1 Å². The maximum atomic E-state index is 13.3. The molecule has 92 valence electrons. The van der Waals surface area contributed by atoms with Crippen LogP contribution in [0.2, 0.25) is 0 Å². The molecule has 4 nitrogen and oxygen atoms in total. The molecule has 1 saturated carbocycles. The minimum atomic E-state index is -0.343. The number of nitrogens with two attached hydrogens (primary N) is 1. The zero-order chi connectivity index (χ0) is 12.4. The van der Waals surface area contributed by atoms with Crippen molar-refractivity contribution in [2.24, 2.45) is 0 Å². The quantitative estimate of drug-likeness (QED) is 0.573. The Labute approximate surface area is 112 Å². The maximum Gasteiger partial charge on any atom is 0.239 e. The third-order valence-electron chi connectivity index (χ3n) is 2.47. The molecule has 0 aliphatic heterocycles. The zero-order valence-corrected chi connectivity index (χ0v) is 11.3. The van der Waals surface area contributed by atoms with E-state index in [-0.39, 0.29) is 18.3 Å². The monoisotopic (exact) mass is 349 g/mol. The van der Waals surface area contributed by atoms with Gasteiger partial charge in [-0.25, -0.2) is 4.39 Å². The van der Waals surface area contributed by atoms with E-state index in [2.05, 4.69) is 10.6 Å². The number of carbonyl (C=O) groups excluding carboxylic acids is 1. The second-order valence-corrected chi connectivity index (χ2v) is 5.21. The Morgan fingerprint density at radius 1 is 1.53 bits per heavy atom. The molecule has 1 aliphatic rings. The molecule has 2 rings (SSSR count). The smallest absolute Gasteiger partial charge is 0.239 e. The molecule has 4 N–H and O–H groups in total. The molecular weight excluding hydrogens is 336 g/mol. The van der Waals surface area contributed by atoms with Crippen LogP contribution in [0.3, 0.4) is 0 Å². The largest absolute Gasteiger partial charge is 0.397 e. The van der Waals surface area contributed by atoms with E-state index in [1.54, 1.807) is 0 Å². The van der Waals surface area contributed by atoms with Gasteiger partial charge in [-0.05, 0) is 41.5 Å². The lowest BCUT2D eigenvalue weighted by molar-refractivity contribution is -0.119. The van der Waals surface area contributed by atoms with Crippen LogP contribution >= 0.6 is 22.6 Å². The van der Waals surface area contributed by atoms with Crippen molar-refractivity contribution >= 4 is 39.9 Å². The van der Waals surface area contributed by atoms with Crippen molar-refractivity contribution in [3.05, 3.63) is 21.5 Å². The summed E-state index contributed by atoms with van der Waals surface area (Å²) in [6, 6.07) is 3.17. The first-order valence-corrected chi connectivity index (χ1v) is 6.42. The minimum absolute atomic E-state index is 0.0918. The van der Waals surface area contributed by atoms with Crippen LogP contribution in [0.15, 0.2) is 12.1 Å². The predicted octanol–water partition coefficient (Wildman–Crippen LogP) is 1.70. The van der Waals surface area contributed by atoms with Crippen molar-refractivity contribution in [2.45, 2.75) is 18.9 Å². The van der Waals surface area contributed by atoms with Gasteiger partial charge < -0.3 is 16.4 Å². The molecule has 0 aromatic heterocycles. The molecule has 0 spiro atoms. The SMILES string of the molecule is Nc1cc(I)c(F)cc1NCC(=O)NC1CC1. The highest BCUT2D eigenvalue weighted by molar-refractivity contribution is 14.1. The Morgan fingerprint density at radius 2 is 2.24 bits per heavy atom. The van der Waals surface area contributed by atoms with Crippen molar-refractivity contribution in [1.29, 1.82) is 0 Å². The van der Waals surface area contributed by atoms with Crippen molar-refractivity contribution in [3.8, 4) is 0 Å². The fraction of sp³-hybridized carbons (Fsp3) is 0.364. The first kappa shape index (κ1) is 12.4. The summed E-state index contributed by atoms with van der Waals surface area (Å²) in [5.74, 6) is -0.434. The molecule has 1 aromatic rings. The average Bonchev–Trinajstić information content (AvgIpc) is 3.05. The van der Waals surface area contributed by atoms with Gasteiger partial charge in [0.2, 0.25) is 5.91 Å². The van der Waals surface area contributed by atoms with Gasteiger partial charge in [0.15, 0.2) is 0 Å². The summed E-state index contributed by atoms with van der Waals surface area (Å²) < 4.78 is 13.8. The van der Waals surface area contributed by atoms with Crippen LogP contribution in [-0.2, 0) is 4.79 Å². The predicted molar refractivity (Wildman–Crippen MR) is 73.2 cm³/mol. The lowest BCUT2D eigenvalue weighted by Gasteiger charge is -2.10. The summed E-state index contributed by atoms with van der Waals surface area (Å²) in [5.41, 5.74) is 6.62. The molecule has 1 amide bonds. The molecule has 0 atom stereocenters. The van der Waals surface area contributed by atoms with Crippen LogP contribution in [0, 0.1) is 9.39 Å². The van der Waals surface area contributed by atoms with Crippen LogP contribution in [0.1, 0.15) is 12.8 Å². The summed E-state index contributed by atoms with van der Waals surface area (Å²) in [7, 11) is 0. The maximum absolute atomic E-state index is 13.3. The topological polar surface area (TPSA) is 67.1 Å². The Morgan fingerprint density at radius 3 is 2.88 bits per heavy atom. The second-order valence-electron chi connectivity index (χ2n) is 4.05. The molecule has 0 unspecified atom stereocenters. The molecule has 0 bridgehead atoms. The summed E-state index contributed by atoms with van der Waals surface area (Å²) in [6.07, 6.45) is 2.10. The van der Waals surface area contributed by atoms with Crippen LogP contribution in [0.5, 0.6) is 0 Å². The standard InChI is InChI=1S/C11H13FIN3O/c12-7-3-10(9(14)4-8(7)13)15-5-11(17)16-6-1-2-6/h3-4,6,15H,1-2,5,14H2,(H,16,17). The fourth-order valence-corrected chi connectivity index (χ4v) is 1.89. The van der Waals surface area contributed by atoms with E-state index >= 15 is 0 Å². The van der Waals surface area contributed by atoms with Gasteiger partial charge in [0.25, 0.3) is 0 Å². The molecule has 1 aliphatic carbocycles. The van der Waals surface area contributed by atoms with E-state index in [1.807, 2.05) is 22.6 Å². The van der Waals surface area contributed by atoms with Gasteiger partial charge in [0, 0.05) is 12.1 Å². The third-order valence-corrected chi connectivity index (χ3v) is 3.30. The van der Waals surface area contributed by atoms with Crippen LogP contribution in [0.25, 0.3) is 0 Å². The molecule has 0 radical (unpaired) electrons. The van der Waals surface area contributed by atoms with Gasteiger partial charge in [-0.15, -0.1) is 0 Å². The summed E-state index contributed by atoms with van der Waals surface area (Å²) in [6.45, 7) is 0.112. The lowest BCUT2D eigenvalue weighted by Crippen LogP contribution is -2.31. The molecule has 6 heteroatoms. The minimum Gasteiger partial charge on any atom is -0.397 e. The second kappa shape index (κ2) is 5.07. The van der Waals surface area contributed by atoms with Gasteiger partial charge in [-0.3, -0.25) is 4.79 Å². The van der Waals surface area contributed by atoms with Gasteiger partial charge in [0.1, 0.15) is 5.82 Å². The number of halogens is 2. The number of rotatable bonds is 4. The lowest BCUT2D eigenvalue weighted by atomic mass is 10.2. The normalized spacial score (nSPS) is 14.5. The number of nitrogens with one attached hydrogen (secondary N) is 2. The van der Waals surface area contributed by atoms with Crippen molar-refractivity contribution in [1.82, 2.24) is 5.32 Å². The number of anilines is 2. The van der Waals surface area contributed by atoms with Crippen LogP contribution in [-0.4, -0.2) is 18.5 Å². The summed E-state index contributed by atoms with van der Waals surface area (Å²) in [5, 5.41) is 5.67. The van der Waals surface area contributed by atoms with E-state index in [9.17, 15) is 9.18 Å². The Hall–Kier alpha value is -1.05. The highest BCUT2D eigenvalue weighted by atomic mass is 127. The van der Waals surface area contributed by atoms with Crippen molar-refractivity contribution < 1.29 is 9.18 Å². The van der Waals surface area contributed by atoms with E-state index in [4.69, 9.17) is 5.73 Å². The number of carbonyl (C=O) groups is 1. The Bertz CT molecular complexity index is 449. The van der Waals surface area contributed by atoms with Gasteiger partial charge in [-0.1, -0.05) is 0 Å². The molecular formula is C11H13FIN3O. The summed E-state index contributed by atoms with van der Waals surface area (Å²) in [4.78, 5) is 11.4. The Kier molecular flexibility index (Phi) is 3.70. The molecule has 17 heavy (non-hydrogen) atoms. The van der Waals surface area contributed by atoms with Crippen LogP contribution in [0.4, 0.5) is 15.8 Å². The van der Waals surface area contributed by atoms with Gasteiger partial charge in [-0.2, -0.15) is 0 Å². The number of benzene rings is 1.